The van der Waals surface area contributed by atoms with Crippen molar-refractivity contribution in [3.63, 3.8) is 0 Å². The summed E-state index contributed by atoms with van der Waals surface area (Å²) in [4.78, 5) is 12.2. The van der Waals surface area contributed by atoms with Gasteiger partial charge in [-0.05, 0) is 47.8 Å². The van der Waals surface area contributed by atoms with Crippen molar-refractivity contribution in [1.82, 2.24) is 0 Å². The van der Waals surface area contributed by atoms with Crippen molar-refractivity contribution < 1.29 is 9.53 Å². The molecule has 0 saturated heterocycles. The standard InChI is InChI=1S/C11H16BrNO2S/c1-2-15-11(14)5-3-4-8(13)9-6-7-10(12)16-9/h6-8H,2-5,13H2,1H3. The number of rotatable bonds is 6. The van der Waals surface area contributed by atoms with Crippen LogP contribution in [0, 0.1) is 0 Å². The molecule has 16 heavy (non-hydrogen) atoms. The summed E-state index contributed by atoms with van der Waals surface area (Å²) < 4.78 is 5.94. The molecule has 0 bridgehead atoms. The van der Waals surface area contributed by atoms with E-state index in [1.807, 2.05) is 19.1 Å². The Labute approximate surface area is 108 Å². The van der Waals surface area contributed by atoms with Crippen LogP contribution in [-0.4, -0.2) is 12.6 Å². The molecule has 1 atom stereocenters. The third-order valence-electron chi connectivity index (χ3n) is 2.16. The van der Waals surface area contributed by atoms with Crippen LogP contribution in [0.25, 0.3) is 0 Å². The van der Waals surface area contributed by atoms with E-state index in [-0.39, 0.29) is 12.0 Å². The lowest BCUT2D eigenvalue weighted by atomic mass is 10.1. The van der Waals surface area contributed by atoms with Crippen molar-refractivity contribution >= 4 is 33.2 Å². The SMILES string of the molecule is CCOC(=O)CCCC(N)c1ccc(Br)s1. The maximum Gasteiger partial charge on any atom is 0.305 e. The Kier molecular flexibility index (Phi) is 6.01. The van der Waals surface area contributed by atoms with Crippen LogP contribution in [0.4, 0.5) is 0 Å². The number of thiophene rings is 1. The lowest BCUT2D eigenvalue weighted by molar-refractivity contribution is -0.143. The van der Waals surface area contributed by atoms with Crippen molar-refractivity contribution in [1.29, 1.82) is 0 Å². The van der Waals surface area contributed by atoms with Gasteiger partial charge in [-0.2, -0.15) is 0 Å². The normalized spacial score (nSPS) is 12.4. The predicted molar refractivity (Wildman–Crippen MR) is 69.4 cm³/mol. The van der Waals surface area contributed by atoms with E-state index in [0.717, 1.165) is 21.5 Å². The van der Waals surface area contributed by atoms with E-state index in [1.54, 1.807) is 11.3 Å². The maximum atomic E-state index is 11.1. The molecular formula is C11H16BrNO2S. The van der Waals surface area contributed by atoms with E-state index in [1.165, 1.54) is 0 Å². The number of halogens is 1. The Hall–Kier alpha value is -0.390. The molecule has 0 aliphatic heterocycles. The molecule has 0 aliphatic rings. The molecular weight excluding hydrogens is 290 g/mol. The van der Waals surface area contributed by atoms with Crippen LogP contribution in [0.2, 0.25) is 0 Å². The molecule has 1 aromatic heterocycles. The molecule has 1 rings (SSSR count). The number of hydrogen-bond donors (Lipinski definition) is 1. The fraction of sp³-hybridized carbons (Fsp3) is 0.545. The highest BCUT2D eigenvalue weighted by Crippen LogP contribution is 2.28. The molecule has 1 unspecified atom stereocenters. The quantitative estimate of drug-likeness (QED) is 0.821. The van der Waals surface area contributed by atoms with Crippen molar-refractivity contribution in [2.45, 2.75) is 32.2 Å². The van der Waals surface area contributed by atoms with Crippen LogP contribution >= 0.6 is 27.3 Å². The van der Waals surface area contributed by atoms with E-state index in [9.17, 15) is 4.79 Å². The zero-order valence-electron chi connectivity index (χ0n) is 9.24. The van der Waals surface area contributed by atoms with Crippen LogP contribution in [0.1, 0.15) is 37.1 Å². The summed E-state index contributed by atoms with van der Waals surface area (Å²) in [5.74, 6) is -0.137. The van der Waals surface area contributed by atoms with Gasteiger partial charge >= 0.3 is 5.97 Å². The number of hydrogen-bond acceptors (Lipinski definition) is 4. The van der Waals surface area contributed by atoms with Gasteiger partial charge in [-0.1, -0.05) is 0 Å². The smallest absolute Gasteiger partial charge is 0.305 e. The van der Waals surface area contributed by atoms with Crippen molar-refractivity contribution in [3.8, 4) is 0 Å². The van der Waals surface area contributed by atoms with Gasteiger partial charge in [0.05, 0.1) is 10.4 Å². The lowest BCUT2D eigenvalue weighted by Crippen LogP contribution is -2.10. The second-order valence-electron chi connectivity index (χ2n) is 3.45. The maximum absolute atomic E-state index is 11.1. The molecule has 0 fully saturated rings. The summed E-state index contributed by atoms with van der Waals surface area (Å²) in [7, 11) is 0. The monoisotopic (exact) mass is 305 g/mol. The minimum atomic E-state index is -0.137. The Balaban J connectivity index is 2.25. The van der Waals surface area contributed by atoms with Crippen LogP contribution in [0.15, 0.2) is 15.9 Å². The van der Waals surface area contributed by atoms with E-state index in [0.29, 0.717) is 13.0 Å². The molecule has 2 N–H and O–H groups in total. The Morgan fingerprint density at radius 2 is 2.38 bits per heavy atom. The van der Waals surface area contributed by atoms with Crippen molar-refractivity contribution in [2.24, 2.45) is 5.73 Å². The minimum Gasteiger partial charge on any atom is -0.466 e. The Bertz CT molecular complexity index is 340. The van der Waals surface area contributed by atoms with E-state index < -0.39 is 0 Å². The van der Waals surface area contributed by atoms with E-state index in [4.69, 9.17) is 10.5 Å². The summed E-state index contributed by atoms with van der Waals surface area (Å²) >= 11 is 5.04. The summed E-state index contributed by atoms with van der Waals surface area (Å²) in [6.07, 6.45) is 2.04. The first-order chi connectivity index (χ1) is 7.63. The second kappa shape index (κ2) is 7.04. The van der Waals surface area contributed by atoms with Gasteiger partial charge in [-0.25, -0.2) is 0 Å². The third kappa shape index (κ3) is 4.63. The topological polar surface area (TPSA) is 52.3 Å². The van der Waals surface area contributed by atoms with Gasteiger partial charge in [0.2, 0.25) is 0 Å². The zero-order chi connectivity index (χ0) is 12.0. The highest BCUT2D eigenvalue weighted by molar-refractivity contribution is 9.11. The predicted octanol–water partition coefficient (Wildman–Crippen LogP) is 3.24. The Morgan fingerprint density at radius 3 is 2.94 bits per heavy atom. The molecule has 1 heterocycles. The lowest BCUT2D eigenvalue weighted by Gasteiger charge is -2.08. The average molecular weight is 306 g/mol. The molecule has 0 spiro atoms. The molecule has 0 saturated carbocycles. The first-order valence-corrected chi connectivity index (χ1v) is 6.91. The molecule has 0 aliphatic carbocycles. The molecule has 0 aromatic carbocycles. The molecule has 0 amide bonds. The second-order valence-corrected chi connectivity index (χ2v) is 5.94. The van der Waals surface area contributed by atoms with Gasteiger partial charge in [-0.3, -0.25) is 4.79 Å². The molecule has 0 radical (unpaired) electrons. The summed E-state index contributed by atoms with van der Waals surface area (Å²) in [6, 6.07) is 4.03. The number of nitrogens with two attached hydrogens (primary N) is 1. The van der Waals surface area contributed by atoms with Crippen LogP contribution in [-0.2, 0) is 9.53 Å². The summed E-state index contributed by atoms with van der Waals surface area (Å²) in [6.45, 7) is 2.26. The molecule has 5 heteroatoms. The Morgan fingerprint density at radius 1 is 1.62 bits per heavy atom. The fourth-order valence-electron chi connectivity index (χ4n) is 1.37. The van der Waals surface area contributed by atoms with Gasteiger partial charge < -0.3 is 10.5 Å². The highest BCUT2D eigenvalue weighted by Gasteiger charge is 2.10. The minimum absolute atomic E-state index is 0.0192. The van der Waals surface area contributed by atoms with Crippen LogP contribution in [0.3, 0.4) is 0 Å². The molecule has 3 nitrogen and oxygen atoms in total. The average Bonchev–Trinajstić information content (AvgIpc) is 2.65. The third-order valence-corrected chi connectivity index (χ3v) is 3.92. The van der Waals surface area contributed by atoms with Crippen LogP contribution < -0.4 is 5.73 Å². The zero-order valence-corrected chi connectivity index (χ0v) is 11.6. The van der Waals surface area contributed by atoms with Gasteiger partial charge in [-0.15, -0.1) is 11.3 Å². The van der Waals surface area contributed by atoms with Gasteiger partial charge in [0.25, 0.3) is 0 Å². The first kappa shape index (κ1) is 13.7. The largest absolute Gasteiger partial charge is 0.466 e. The van der Waals surface area contributed by atoms with Crippen LogP contribution in [0.5, 0.6) is 0 Å². The molecule has 1 aromatic rings. The van der Waals surface area contributed by atoms with Gasteiger partial charge in [0.1, 0.15) is 0 Å². The molecule has 90 valence electrons. The van der Waals surface area contributed by atoms with E-state index >= 15 is 0 Å². The summed E-state index contributed by atoms with van der Waals surface area (Å²) in [5, 5.41) is 0. The number of ether oxygens (including phenoxy) is 1. The van der Waals surface area contributed by atoms with E-state index in [2.05, 4.69) is 15.9 Å². The highest BCUT2D eigenvalue weighted by atomic mass is 79.9. The van der Waals surface area contributed by atoms with Gasteiger partial charge in [0.15, 0.2) is 0 Å². The van der Waals surface area contributed by atoms with Gasteiger partial charge in [0, 0.05) is 17.3 Å². The fourth-order valence-corrected chi connectivity index (χ4v) is 2.83. The number of carbonyl (C=O) groups excluding carboxylic acids is 1. The summed E-state index contributed by atoms with van der Waals surface area (Å²) in [5.41, 5.74) is 6.01. The number of esters is 1. The van der Waals surface area contributed by atoms with Crippen molar-refractivity contribution in [2.75, 3.05) is 6.61 Å². The first-order valence-electron chi connectivity index (χ1n) is 5.30. The number of carbonyl (C=O) groups is 1. The van der Waals surface area contributed by atoms with Crippen molar-refractivity contribution in [3.05, 3.63) is 20.8 Å².